The molecule has 0 spiro atoms. The molecule has 1 heterocycles. The molecule has 5 nitrogen and oxygen atoms in total. The zero-order valence-corrected chi connectivity index (χ0v) is 12.0. The van der Waals surface area contributed by atoms with Gasteiger partial charge in [0.1, 0.15) is 6.04 Å². The van der Waals surface area contributed by atoms with Gasteiger partial charge in [-0.1, -0.05) is 19.8 Å². The second-order valence-corrected chi connectivity index (χ2v) is 8.16. The maximum Gasteiger partial charge on any atom is 0.322 e. The van der Waals surface area contributed by atoms with E-state index in [1.165, 1.54) is 16.1 Å². The molecule has 2 fully saturated rings. The molecule has 0 aromatic heterocycles. The molecular weight excluding hydrogens is 274 g/mol. The Bertz CT molecular complexity index is 417. The third-order valence-corrected chi connectivity index (χ3v) is 7.69. The Labute approximate surface area is 112 Å². The number of aliphatic carboxylic acids is 1. The van der Waals surface area contributed by atoms with Gasteiger partial charge in [-0.3, -0.25) is 4.79 Å². The highest BCUT2D eigenvalue weighted by atomic mass is 32.2. The van der Waals surface area contributed by atoms with Gasteiger partial charge in [-0.2, -0.15) is 4.31 Å². The predicted molar refractivity (Wildman–Crippen MR) is 71.0 cm³/mol. The molecule has 1 aliphatic carbocycles. The molecule has 0 amide bonds. The minimum atomic E-state index is -3.46. The van der Waals surface area contributed by atoms with Gasteiger partial charge in [0.15, 0.2) is 0 Å². The Morgan fingerprint density at radius 2 is 2.00 bits per heavy atom. The highest BCUT2D eigenvalue weighted by molar-refractivity contribution is 8.01. The van der Waals surface area contributed by atoms with Crippen LogP contribution in [0.15, 0.2) is 0 Å². The fourth-order valence-corrected chi connectivity index (χ4v) is 6.87. The summed E-state index contributed by atoms with van der Waals surface area (Å²) < 4.78 is 26.4. The van der Waals surface area contributed by atoms with E-state index in [0.29, 0.717) is 25.0 Å². The minimum absolute atomic E-state index is 0.211. The molecule has 1 aliphatic heterocycles. The van der Waals surface area contributed by atoms with E-state index in [9.17, 15) is 18.3 Å². The summed E-state index contributed by atoms with van der Waals surface area (Å²) in [5, 5.41) is 8.60. The number of thioether (sulfide) groups is 1. The predicted octanol–water partition coefficient (Wildman–Crippen LogP) is 1.50. The monoisotopic (exact) mass is 293 g/mol. The van der Waals surface area contributed by atoms with Crippen molar-refractivity contribution in [3.05, 3.63) is 0 Å². The molecule has 0 bridgehead atoms. The van der Waals surface area contributed by atoms with Gasteiger partial charge in [-0.25, -0.2) is 8.42 Å². The van der Waals surface area contributed by atoms with Gasteiger partial charge in [0.05, 0.1) is 10.6 Å². The first-order valence-electron chi connectivity index (χ1n) is 6.35. The van der Waals surface area contributed by atoms with Crippen LogP contribution in [0.3, 0.4) is 0 Å². The Balaban J connectivity index is 2.28. The second-order valence-electron chi connectivity index (χ2n) is 4.83. The summed E-state index contributed by atoms with van der Waals surface area (Å²) in [5.74, 6) is -0.667. The minimum Gasteiger partial charge on any atom is -0.480 e. The van der Waals surface area contributed by atoms with Gasteiger partial charge in [0.25, 0.3) is 0 Å². The van der Waals surface area contributed by atoms with E-state index in [2.05, 4.69) is 0 Å². The number of sulfonamides is 1. The third-order valence-electron chi connectivity index (χ3n) is 3.69. The van der Waals surface area contributed by atoms with Crippen molar-refractivity contribution in [2.24, 2.45) is 0 Å². The Morgan fingerprint density at radius 1 is 1.39 bits per heavy atom. The van der Waals surface area contributed by atoms with Crippen LogP contribution < -0.4 is 0 Å². The average Bonchev–Trinajstić information content (AvgIpc) is 2.98. The number of carboxylic acids is 1. The summed E-state index contributed by atoms with van der Waals surface area (Å²) in [5.41, 5.74) is 0. The lowest BCUT2D eigenvalue weighted by Gasteiger charge is -2.28. The van der Waals surface area contributed by atoms with Gasteiger partial charge in [-0.05, 0) is 19.3 Å². The van der Waals surface area contributed by atoms with Crippen LogP contribution in [-0.4, -0.2) is 46.2 Å². The molecular formula is C11H19NO4S2. The zero-order chi connectivity index (χ0) is 13.3. The summed E-state index contributed by atoms with van der Waals surface area (Å²) in [7, 11) is -3.46. The first kappa shape index (κ1) is 14.1. The van der Waals surface area contributed by atoms with Crippen LogP contribution in [0.25, 0.3) is 0 Å². The van der Waals surface area contributed by atoms with Crippen LogP contribution in [0.4, 0.5) is 0 Å². The lowest BCUT2D eigenvalue weighted by atomic mass is 10.3. The van der Waals surface area contributed by atoms with Crippen molar-refractivity contribution in [3.63, 3.8) is 0 Å². The Morgan fingerprint density at radius 3 is 2.50 bits per heavy atom. The van der Waals surface area contributed by atoms with E-state index >= 15 is 0 Å². The van der Waals surface area contributed by atoms with Gasteiger partial charge < -0.3 is 5.11 Å². The maximum absolute atomic E-state index is 12.6. The summed E-state index contributed by atoms with van der Waals surface area (Å²) in [6, 6.07) is -0.884. The van der Waals surface area contributed by atoms with Crippen molar-refractivity contribution < 1.29 is 18.3 Å². The number of nitrogens with zero attached hydrogens (tertiary/aromatic N) is 1. The number of carboxylic acid groups (broad SMARTS) is 1. The van der Waals surface area contributed by atoms with Gasteiger partial charge in [-0.15, -0.1) is 11.8 Å². The molecule has 0 radical (unpaired) electrons. The summed E-state index contributed by atoms with van der Waals surface area (Å²) in [6.07, 6.45) is 3.86. The molecule has 7 heteroatoms. The Hall–Kier alpha value is -0.270. The van der Waals surface area contributed by atoms with Crippen LogP contribution in [0.5, 0.6) is 0 Å². The highest BCUT2D eigenvalue weighted by Gasteiger charge is 2.48. The van der Waals surface area contributed by atoms with Crippen molar-refractivity contribution in [1.29, 1.82) is 0 Å². The lowest BCUT2D eigenvalue weighted by molar-refractivity contribution is -0.140. The normalized spacial score (nSPS) is 30.9. The van der Waals surface area contributed by atoms with Crippen LogP contribution in [0.1, 0.15) is 39.0 Å². The number of hydrogen-bond acceptors (Lipinski definition) is 4. The molecule has 0 aromatic rings. The molecule has 2 atom stereocenters. The smallest absolute Gasteiger partial charge is 0.322 e. The second kappa shape index (κ2) is 5.38. The number of rotatable bonds is 4. The lowest BCUT2D eigenvalue weighted by Crippen LogP contribution is -2.48. The van der Waals surface area contributed by atoms with Crippen molar-refractivity contribution in [2.75, 3.05) is 5.75 Å². The first-order valence-corrected chi connectivity index (χ1v) is 8.90. The first-order chi connectivity index (χ1) is 8.48. The molecule has 2 rings (SSSR count). The number of hydrogen-bond donors (Lipinski definition) is 1. The van der Waals surface area contributed by atoms with Crippen molar-refractivity contribution in [3.8, 4) is 0 Å². The fourth-order valence-electron chi connectivity index (χ4n) is 2.73. The largest absolute Gasteiger partial charge is 0.480 e. The van der Waals surface area contributed by atoms with Crippen molar-refractivity contribution in [2.45, 2.75) is 55.7 Å². The van der Waals surface area contributed by atoms with Crippen molar-refractivity contribution >= 4 is 27.8 Å². The molecule has 0 aromatic carbocycles. The molecule has 104 valence electrons. The quantitative estimate of drug-likeness (QED) is 0.850. The van der Waals surface area contributed by atoms with Crippen LogP contribution in [-0.2, 0) is 14.8 Å². The van der Waals surface area contributed by atoms with Gasteiger partial charge in [0, 0.05) is 5.75 Å². The third kappa shape index (κ3) is 2.40. The van der Waals surface area contributed by atoms with E-state index in [4.69, 9.17) is 0 Å². The van der Waals surface area contributed by atoms with E-state index < -0.39 is 22.0 Å². The zero-order valence-electron chi connectivity index (χ0n) is 10.4. The van der Waals surface area contributed by atoms with E-state index in [1.807, 2.05) is 6.92 Å². The van der Waals surface area contributed by atoms with Crippen LogP contribution in [0, 0.1) is 0 Å². The average molecular weight is 293 g/mol. The summed E-state index contributed by atoms with van der Waals surface area (Å²) in [6.45, 7) is 1.90. The van der Waals surface area contributed by atoms with Crippen LogP contribution >= 0.6 is 11.8 Å². The molecule has 1 N–H and O–H groups in total. The molecule has 18 heavy (non-hydrogen) atoms. The van der Waals surface area contributed by atoms with E-state index in [-0.39, 0.29) is 10.6 Å². The summed E-state index contributed by atoms with van der Waals surface area (Å²) in [4.78, 5) is 11.2. The molecule has 2 aliphatic rings. The van der Waals surface area contributed by atoms with Crippen LogP contribution in [0.2, 0.25) is 0 Å². The molecule has 2 unspecified atom stereocenters. The maximum atomic E-state index is 12.6. The van der Waals surface area contributed by atoms with Gasteiger partial charge >= 0.3 is 5.97 Å². The molecule has 1 saturated carbocycles. The fraction of sp³-hybridized carbons (Fsp3) is 0.909. The highest BCUT2D eigenvalue weighted by Crippen LogP contribution is 2.38. The summed E-state index contributed by atoms with van der Waals surface area (Å²) >= 11 is 1.44. The standard InChI is InChI=1S/C11H19NO4S2/c1-2-10-12(9(7-17-10)11(13)14)18(15,16)8-5-3-4-6-8/h8-10H,2-7H2,1H3,(H,13,14). The molecule has 1 saturated heterocycles. The van der Waals surface area contributed by atoms with E-state index in [1.54, 1.807) is 0 Å². The Kier molecular flexibility index (Phi) is 4.23. The van der Waals surface area contributed by atoms with Crippen molar-refractivity contribution in [1.82, 2.24) is 4.31 Å². The van der Waals surface area contributed by atoms with Gasteiger partial charge in [0.2, 0.25) is 10.0 Å². The SMILES string of the molecule is CCC1SCC(C(=O)O)N1S(=O)(=O)C1CCCC1. The van der Waals surface area contributed by atoms with E-state index in [0.717, 1.165) is 12.8 Å². The topological polar surface area (TPSA) is 74.7 Å². The number of carbonyl (C=O) groups is 1.